The zero-order valence-corrected chi connectivity index (χ0v) is 14.9. The van der Waals surface area contributed by atoms with Crippen molar-refractivity contribution in [3.05, 3.63) is 60.2 Å². The minimum atomic E-state index is -1.74. The molecule has 4 nitrogen and oxygen atoms in total. The van der Waals surface area contributed by atoms with Crippen molar-refractivity contribution >= 4 is 52.5 Å². The van der Waals surface area contributed by atoms with Crippen LogP contribution in [0.1, 0.15) is 17.2 Å². The lowest BCUT2D eigenvalue weighted by molar-refractivity contribution is 0.884. The lowest BCUT2D eigenvalue weighted by atomic mass is 10.2. The largest absolute Gasteiger partial charge is 0.313 e. The van der Waals surface area contributed by atoms with E-state index in [0.29, 0.717) is 11.8 Å². The molecule has 0 fully saturated rings. The lowest BCUT2D eigenvalue weighted by Gasteiger charge is -2.21. The fourth-order valence-electron chi connectivity index (χ4n) is 1.93. The highest BCUT2D eigenvalue weighted by Crippen LogP contribution is 2.37. The summed E-state index contributed by atoms with van der Waals surface area (Å²) in [5, 5.41) is 0. The summed E-state index contributed by atoms with van der Waals surface area (Å²) >= 11 is 17.8. The molecular weight excluding hydrogens is 355 g/mol. The van der Waals surface area contributed by atoms with Crippen LogP contribution in [0.3, 0.4) is 0 Å². The molecule has 0 spiro atoms. The predicted molar refractivity (Wildman–Crippen MR) is 97.5 cm³/mol. The number of nitrogens with zero attached hydrogens (tertiary/aromatic N) is 4. The van der Waals surface area contributed by atoms with E-state index < -0.39 is 3.79 Å². The summed E-state index contributed by atoms with van der Waals surface area (Å²) in [5.74, 6) is 0.840. The molecule has 0 bridgehead atoms. The van der Waals surface area contributed by atoms with Crippen molar-refractivity contribution in [2.75, 3.05) is 11.9 Å². The number of hydrogen-bond acceptors (Lipinski definition) is 4. The van der Waals surface area contributed by atoms with Crippen LogP contribution in [0.5, 0.6) is 0 Å². The number of para-hydroxylation sites is 1. The van der Waals surface area contributed by atoms with Crippen LogP contribution in [0.25, 0.3) is 6.08 Å². The van der Waals surface area contributed by atoms with Gasteiger partial charge in [-0.05, 0) is 24.6 Å². The van der Waals surface area contributed by atoms with E-state index in [4.69, 9.17) is 34.8 Å². The number of aromatic nitrogens is 3. The molecule has 0 aliphatic heterocycles. The van der Waals surface area contributed by atoms with Gasteiger partial charge >= 0.3 is 0 Å². The normalized spacial score (nSPS) is 11.7. The summed E-state index contributed by atoms with van der Waals surface area (Å²) in [5.41, 5.74) is 2.03. The van der Waals surface area contributed by atoms with Crippen molar-refractivity contribution in [2.45, 2.75) is 10.7 Å². The maximum absolute atomic E-state index is 5.93. The van der Waals surface area contributed by atoms with Crippen molar-refractivity contribution in [3.8, 4) is 0 Å². The van der Waals surface area contributed by atoms with Crippen LogP contribution in [-0.2, 0) is 3.79 Å². The lowest BCUT2D eigenvalue weighted by Crippen LogP contribution is -2.19. The molecule has 23 heavy (non-hydrogen) atoms. The Labute approximate surface area is 150 Å². The molecule has 0 amide bonds. The molecule has 7 heteroatoms. The number of aryl methyl sites for hydroxylation is 1. The van der Waals surface area contributed by atoms with Gasteiger partial charge < -0.3 is 4.90 Å². The molecule has 2 rings (SSSR count). The van der Waals surface area contributed by atoms with Gasteiger partial charge in [0.25, 0.3) is 0 Å². The second kappa shape index (κ2) is 7.30. The molecule has 1 aromatic heterocycles. The van der Waals surface area contributed by atoms with Crippen LogP contribution in [0.2, 0.25) is 0 Å². The first-order valence-corrected chi connectivity index (χ1v) is 7.88. The first-order chi connectivity index (χ1) is 10.8. The molecule has 0 aliphatic rings. The fourth-order valence-corrected chi connectivity index (χ4v) is 2.19. The van der Waals surface area contributed by atoms with Crippen molar-refractivity contribution in [2.24, 2.45) is 0 Å². The third-order valence-corrected chi connectivity index (χ3v) is 3.56. The summed E-state index contributed by atoms with van der Waals surface area (Å²) in [6, 6.07) is 7.87. The third-order valence-electron chi connectivity index (χ3n) is 3.05. The molecule has 0 saturated carbocycles. The Balaban J connectivity index is 2.54. The number of benzene rings is 1. The highest BCUT2D eigenvalue weighted by Gasteiger charge is 2.28. The molecule has 120 valence electrons. The number of anilines is 2. The monoisotopic (exact) mass is 368 g/mol. The Hall–Kier alpha value is -1.62. The van der Waals surface area contributed by atoms with E-state index in [-0.39, 0.29) is 5.82 Å². The van der Waals surface area contributed by atoms with Gasteiger partial charge in [-0.3, -0.25) is 0 Å². The van der Waals surface area contributed by atoms with Crippen LogP contribution in [0.15, 0.2) is 43.0 Å². The van der Waals surface area contributed by atoms with Gasteiger partial charge in [-0.1, -0.05) is 71.7 Å². The molecule has 1 aromatic carbocycles. The second-order valence-electron chi connectivity index (χ2n) is 4.76. The summed E-state index contributed by atoms with van der Waals surface area (Å²) in [6.45, 7) is 5.62. The maximum Gasteiger partial charge on any atom is 0.250 e. The van der Waals surface area contributed by atoms with Gasteiger partial charge in [0, 0.05) is 12.7 Å². The average molecular weight is 370 g/mol. The predicted octanol–water partition coefficient (Wildman–Crippen LogP) is 4.97. The van der Waals surface area contributed by atoms with Crippen LogP contribution < -0.4 is 4.90 Å². The van der Waals surface area contributed by atoms with Gasteiger partial charge in [0.15, 0.2) is 11.6 Å². The second-order valence-corrected chi connectivity index (χ2v) is 7.04. The van der Waals surface area contributed by atoms with Crippen LogP contribution in [0, 0.1) is 6.92 Å². The van der Waals surface area contributed by atoms with Gasteiger partial charge in [0.2, 0.25) is 9.74 Å². The molecule has 2 aromatic rings. The van der Waals surface area contributed by atoms with Crippen molar-refractivity contribution < 1.29 is 0 Å². The van der Waals surface area contributed by atoms with E-state index in [1.165, 1.54) is 0 Å². The zero-order valence-electron chi connectivity index (χ0n) is 12.7. The Morgan fingerprint density at radius 1 is 1.13 bits per heavy atom. The van der Waals surface area contributed by atoms with Crippen molar-refractivity contribution in [1.29, 1.82) is 0 Å². The van der Waals surface area contributed by atoms with E-state index >= 15 is 0 Å². The van der Waals surface area contributed by atoms with Crippen LogP contribution in [-0.4, -0.2) is 22.0 Å². The van der Waals surface area contributed by atoms with Crippen molar-refractivity contribution in [1.82, 2.24) is 15.0 Å². The summed E-state index contributed by atoms with van der Waals surface area (Å²) in [6.07, 6.45) is 4.99. The number of rotatable bonds is 4. The van der Waals surface area contributed by atoms with Crippen LogP contribution >= 0.6 is 34.8 Å². The van der Waals surface area contributed by atoms with Gasteiger partial charge in [0.05, 0.1) is 0 Å². The smallest absolute Gasteiger partial charge is 0.250 e. The first-order valence-electron chi connectivity index (χ1n) is 6.74. The maximum atomic E-state index is 5.93. The quantitative estimate of drug-likeness (QED) is 0.563. The van der Waals surface area contributed by atoms with E-state index in [1.54, 1.807) is 18.2 Å². The minimum absolute atomic E-state index is 0.0663. The molecule has 0 aliphatic carbocycles. The summed E-state index contributed by atoms with van der Waals surface area (Å²) < 4.78 is -1.74. The molecule has 0 N–H and O–H groups in total. The number of hydrogen-bond donors (Lipinski definition) is 0. The Kier molecular flexibility index (Phi) is 5.63. The molecule has 0 atom stereocenters. The molecule has 0 radical (unpaired) electrons. The van der Waals surface area contributed by atoms with Gasteiger partial charge in [-0.2, -0.15) is 9.97 Å². The fraction of sp³-hybridized carbons (Fsp3) is 0.188. The highest BCUT2D eigenvalue weighted by molar-refractivity contribution is 6.66. The van der Waals surface area contributed by atoms with Crippen LogP contribution in [0.4, 0.5) is 11.6 Å². The van der Waals surface area contributed by atoms with E-state index in [9.17, 15) is 0 Å². The Morgan fingerprint density at radius 2 is 1.83 bits per heavy atom. The van der Waals surface area contributed by atoms with E-state index in [2.05, 4.69) is 21.5 Å². The summed E-state index contributed by atoms with van der Waals surface area (Å²) in [7, 11) is 1.85. The van der Waals surface area contributed by atoms with Gasteiger partial charge in [-0.25, -0.2) is 4.98 Å². The van der Waals surface area contributed by atoms with Gasteiger partial charge in [-0.15, -0.1) is 0 Å². The standard InChI is InChI=1S/C16H15Cl3N4/c1-4-5-10-13-20-14(16(17,18)19)22-15(21-13)23(3)12-9-7-6-8-11(12)2/h4-10H,1H2,2-3H3. The number of allylic oxidation sites excluding steroid dienone is 2. The topological polar surface area (TPSA) is 41.9 Å². The summed E-state index contributed by atoms with van der Waals surface area (Å²) in [4.78, 5) is 14.7. The molecule has 1 heterocycles. The minimum Gasteiger partial charge on any atom is -0.313 e. The number of halogens is 3. The molecular formula is C16H15Cl3N4. The zero-order chi connectivity index (χ0) is 17.0. The number of alkyl halides is 3. The van der Waals surface area contributed by atoms with Gasteiger partial charge in [0.1, 0.15) is 0 Å². The molecule has 0 unspecified atom stereocenters. The third kappa shape index (κ3) is 4.44. The first kappa shape index (κ1) is 17.7. The SMILES string of the molecule is C=CC=Cc1nc(N(C)c2ccccc2C)nc(C(Cl)(Cl)Cl)n1. The average Bonchev–Trinajstić information content (AvgIpc) is 2.51. The Bertz CT molecular complexity index is 738. The van der Waals surface area contributed by atoms with E-state index in [0.717, 1.165) is 11.3 Å². The van der Waals surface area contributed by atoms with Crippen molar-refractivity contribution in [3.63, 3.8) is 0 Å². The van der Waals surface area contributed by atoms with E-state index in [1.807, 2.05) is 43.1 Å². The molecule has 0 saturated heterocycles. The Morgan fingerprint density at radius 3 is 2.43 bits per heavy atom. The highest BCUT2D eigenvalue weighted by atomic mass is 35.6.